The summed E-state index contributed by atoms with van der Waals surface area (Å²) in [5.41, 5.74) is -0.0790. The summed E-state index contributed by atoms with van der Waals surface area (Å²) in [7, 11) is 3.26. The Morgan fingerprint density at radius 3 is 1.83 bits per heavy atom. The van der Waals surface area contributed by atoms with E-state index in [0.29, 0.717) is 5.75 Å². The summed E-state index contributed by atoms with van der Waals surface area (Å²) in [6, 6.07) is 11.5. The van der Waals surface area contributed by atoms with E-state index in [1.807, 2.05) is 36.4 Å². The lowest BCUT2D eigenvalue weighted by Gasteiger charge is -2.20. The molecule has 0 bridgehead atoms. The lowest BCUT2D eigenvalue weighted by molar-refractivity contribution is 0.0756. The van der Waals surface area contributed by atoms with E-state index in [0.717, 1.165) is 23.8 Å². The molecule has 0 spiro atoms. The van der Waals surface area contributed by atoms with E-state index in [1.165, 1.54) is 0 Å². The third kappa shape index (κ3) is 6.60. The molecule has 0 amide bonds. The van der Waals surface area contributed by atoms with Gasteiger partial charge in [0.1, 0.15) is 11.5 Å². The molecule has 126 valence electrons. The minimum atomic E-state index is -0.869. The molecule has 0 heterocycles. The van der Waals surface area contributed by atoms with Gasteiger partial charge in [-0.1, -0.05) is 37.9 Å². The molecule has 2 rings (SSSR count). The smallest absolute Gasteiger partial charge is 0.133 e. The maximum atomic E-state index is 9.80. The molecule has 2 aromatic carbocycles. The van der Waals surface area contributed by atoms with Crippen LogP contribution >= 0.6 is 54.5 Å². The Bertz CT molecular complexity index is 655. The van der Waals surface area contributed by atoms with Crippen LogP contribution in [-0.2, 0) is 5.60 Å². The van der Waals surface area contributed by atoms with Crippen LogP contribution in [0, 0.1) is 3.57 Å². The van der Waals surface area contributed by atoms with Crippen LogP contribution in [0.25, 0.3) is 0 Å². The van der Waals surface area contributed by atoms with Crippen molar-refractivity contribution in [1.29, 1.82) is 0 Å². The maximum absolute atomic E-state index is 9.80. The zero-order valence-corrected chi connectivity index (χ0v) is 18.7. The summed E-state index contributed by atoms with van der Waals surface area (Å²) < 4.78 is 13.4. The normalized spacial score (nSPS) is 10.6. The summed E-state index contributed by atoms with van der Waals surface area (Å²) in [4.78, 5) is 0. The summed E-state index contributed by atoms with van der Waals surface area (Å²) >= 11 is 8.93. The van der Waals surface area contributed by atoms with E-state index in [9.17, 15) is 5.11 Å². The van der Waals surface area contributed by atoms with Crippen LogP contribution in [0.15, 0.2) is 45.3 Å². The Kier molecular flexibility index (Phi) is 8.33. The number of methoxy groups -OCH3 is 2. The fourth-order valence-electron chi connectivity index (χ4n) is 1.80. The molecule has 0 saturated heterocycles. The monoisotopic (exact) mass is 556 g/mol. The minimum absolute atomic E-state index is 0.696. The van der Waals surface area contributed by atoms with E-state index in [-0.39, 0.29) is 0 Å². The first-order valence-electron chi connectivity index (χ1n) is 6.74. The van der Waals surface area contributed by atoms with Crippen molar-refractivity contribution < 1.29 is 14.6 Å². The van der Waals surface area contributed by atoms with Crippen molar-refractivity contribution in [2.45, 2.75) is 19.4 Å². The lowest BCUT2D eigenvalue weighted by atomic mass is 9.97. The Morgan fingerprint density at radius 1 is 0.913 bits per heavy atom. The quantitative estimate of drug-likeness (QED) is 0.489. The molecular formula is C17H19Br2IO3. The van der Waals surface area contributed by atoms with E-state index < -0.39 is 5.60 Å². The predicted octanol–water partition coefficient (Wildman–Crippen LogP) is 5.75. The number of benzene rings is 2. The Morgan fingerprint density at radius 2 is 1.39 bits per heavy atom. The van der Waals surface area contributed by atoms with Gasteiger partial charge in [0.25, 0.3) is 0 Å². The summed E-state index contributed by atoms with van der Waals surface area (Å²) in [6.07, 6.45) is 0. The second kappa shape index (κ2) is 9.25. The minimum Gasteiger partial charge on any atom is -0.496 e. The second-order valence-electron chi connectivity index (χ2n) is 5.18. The van der Waals surface area contributed by atoms with Crippen molar-refractivity contribution in [2.75, 3.05) is 14.2 Å². The zero-order valence-electron chi connectivity index (χ0n) is 13.4. The van der Waals surface area contributed by atoms with E-state index in [1.54, 1.807) is 28.1 Å². The lowest BCUT2D eigenvalue weighted by Crippen LogP contribution is -2.16. The average molecular weight is 558 g/mol. The molecule has 0 aliphatic rings. The fraction of sp³-hybridized carbons (Fsp3) is 0.294. The van der Waals surface area contributed by atoms with Gasteiger partial charge in [-0.15, -0.1) is 0 Å². The number of halogens is 3. The van der Waals surface area contributed by atoms with Gasteiger partial charge in [-0.2, -0.15) is 0 Å². The van der Waals surface area contributed by atoms with Gasteiger partial charge in [-0.3, -0.25) is 0 Å². The zero-order chi connectivity index (χ0) is 17.6. The number of ether oxygens (including phenoxy) is 2. The standard InChI is InChI=1S/C10H13BrO2.C7H6BrIO/c1-10(2,12)8-5-4-7(11)6-9(8)13-3;1-10-7-4-5(8)2-3-6(7)9/h4-6,12H,1-3H3;2-4H,1H3. The van der Waals surface area contributed by atoms with Crippen molar-refractivity contribution in [3.63, 3.8) is 0 Å². The molecular weight excluding hydrogens is 539 g/mol. The van der Waals surface area contributed by atoms with Crippen molar-refractivity contribution in [2.24, 2.45) is 0 Å². The van der Waals surface area contributed by atoms with Gasteiger partial charge >= 0.3 is 0 Å². The van der Waals surface area contributed by atoms with Crippen LogP contribution in [0.3, 0.4) is 0 Å². The second-order valence-corrected chi connectivity index (χ2v) is 8.18. The molecule has 0 fully saturated rings. The van der Waals surface area contributed by atoms with Crippen LogP contribution in [0.1, 0.15) is 19.4 Å². The molecule has 0 unspecified atom stereocenters. The first-order chi connectivity index (χ1) is 10.7. The topological polar surface area (TPSA) is 38.7 Å². The molecule has 0 atom stereocenters. The highest BCUT2D eigenvalue weighted by Crippen LogP contribution is 2.31. The predicted molar refractivity (Wildman–Crippen MR) is 109 cm³/mol. The Balaban J connectivity index is 0.000000238. The summed E-state index contributed by atoms with van der Waals surface area (Å²) in [6.45, 7) is 3.47. The van der Waals surface area contributed by atoms with Gasteiger partial charge in [0.15, 0.2) is 0 Å². The highest BCUT2D eigenvalue weighted by molar-refractivity contribution is 14.1. The highest BCUT2D eigenvalue weighted by atomic mass is 127. The van der Waals surface area contributed by atoms with Crippen LogP contribution in [0.2, 0.25) is 0 Å². The SMILES string of the molecule is COc1cc(Br)ccc1C(C)(C)O.COc1cc(Br)ccc1I. The molecule has 0 saturated carbocycles. The number of hydrogen-bond acceptors (Lipinski definition) is 3. The van der Waals surface area contributed by atoms with Crippen LogP contribution < -0.4 is 9.47 Å². The third-order valence-corrected chi connectivity index (χ3v) is 4.81. The highest BCUT2D eigenvalue weighted by Gasteiger charge is 2.20. The molecule has 23 heavy (non-hydrogen) atoms. The maximum Gasteiger partial charge on any atom is 0.133 e. The van der Waals surface area contributed by atoms with Crippen LogP contribution in [0.5, 0.6) is 11.5 Å². The van der Waals surface area contributed by atoms with Crippen molar-refractivity contribution in [3.05, 3.63) is 54.5 Å². The Labute approximate surface area is 167 Å². The summed E-state index contributed by atoms with van der Waals surface area (Å²) in [5.74, 6) is 1.61. The van der Waals surface area contributed by atoms with Crippen molar-refractivity contribution in [3.8, 4) is 11.5 Å². The Hall–Kier alpha value is -0.310. The number of aliphatic hydroxyl groups is 1. The van der Waals surface area contributed by atoms with Gasteiger partial charge in [-0.05, 0) is 66.8 Å². The van der Waals surface area contributed by atoms with Gasteiger partial charge < -0.3 is 14.6 Å². The molecule has 0 aliphatic heterocycles. The van der Waals surface area contributed by atoms with Crippen LogP contribution in [-0.4, -0.2) is 19.3 Å². The molecule has 3 nitrogen and oxygen atoms in total. The van der Waals surface area contributed by atoms with Gasteiger partial charge in [0.05, 0.1) is 23.4 Å². The van der Waals surface area contributed by atoms with E-state index in [2.05, 4.69) is 54.5 Å². The molecule has 0 radical (unpaired) electrons. The van der Waals surface area contributed by atoms with Crippen molar-refractivity contribution in [1.82, 2.24) is 0 Å². The molecule has 1 N–H and O–H groups in total. The van der Waals surface area contributed by atoms with E-state index in [4.69, 9.17) is 9.47 Å². The largest absolute Gasteiger partial charge is 0.496 e. The van der Waals surface area contributed by atoms with E-state index >= 15 is 0 Å². The number of hydrogen-bond donors (Lipinski definition) is 1. The first kappa shape index (κ1) is 20.7. The van der Waals surface area contributed by atoms with Crippen molar-refractivity contribution >= 4 is 54.5 Å². The van der Waals surface area contributed by atoms with Crippen LogP contribution in [0.4, 0.5) is 0 Å². The third-order valence-electron chi connectivity index (χ3n) is 2.94. The van der Waals surface area contributed by atoms with Gasteiger partial charge in [0, 0.05) is 14.5 Å². The number of rotatable bonds is 3. The molecule has 0 aromatic heterocycles. The van der Waals surface area contributed by atoms with Gasteiger partial charge in [0.2, 0.25) is 0 Å². The average Bonchev–Trinajstić information content (AvgIpc) is 2.49. The fourth-order valence-corrected chi connectivity index (χ4v) is 3.04. The molecule has 2 aromatic rings. The first-order valence-corrected chi connectivity index (χ1v) is 9.41. The summed E-state index contributed by atoms with van der Waals surface area (Å²) in [5, 5.41) is 9.80. The van der Waals surface area contributed by atoms with Gasteiger partial charge in [-0.25, -0.2) is 0 Å². The molecule has 0 aliphatic carbocycles. The molecule has 6 heteroatoms.